The average Bonchev–Trinajstić information content (AvgIpc) is 2.24. The number of hydrogen-bond donors (Lipinski definition) is 2. The zero-order valence-electron chi connectivity index (χ0n) is 8.98. The lowest BCUT2D eigenvalue weighted by Crippen LogP contribution is -2.29. The maximum Gasteiger partial charge on any atom is 0.0595 e. The van der Waals surface area contributed by atoms with E-state index < -0.39 is 0 Å². The van der Waals surface area contributed by atoms with Crippen LogP contribution in [-0.2, 0) is 0 Å². The van der Waals surface area contributed by atoms with Gasteiger partial charge in [-0.25, -0.2) is 0 Å². The van der Waals surface area contributed by atoms with Crippen molar-refractivity contribution in [1.29, 1.82) is 0 Å². The first kappa shape index (κ1) is 12.8. The van der Waals surface area contributed by atoms with Crippen molar-refractivity contribution in [2.75, 3.05) is 20.1 Å². The molecule has 0 aromatic heterocycles. The Morgan fingerprint density at radius 3 is 2.53 bits per heavy atom. The van der Waals surface area contributed by atoms with Gasteiger partial charge in [-0.15, -0.1) is 0 Å². The third-order valence-corrected chi connectivity index (χ3v) is 3.03. The van der Waals surface area contributed by atoms with Gasteiger partial charge >= 0.3 is 0 Å². The second-order valence-electron chi connectivity index (χ2n) is 3.32. The molecular weight excluding hydrogens is 231 g/mol. The number of likely N-dealkylation sites (N-methyl/N-ethyl adjacent to an activating group) is 2. The van der Waals surface area contributed by atoms with Crippen molar-refractivity contribution in [3.05, 3.63) is 33.8 Å². The third kappa shape index (κ3) is 3.65. The maximum atomic E-state index is 5.97. The van der Waals surface area contributed by atoms with E-state index >= 15 is 0 Å². The topological polar surface area (TPSA) is 24.1 Å². The smallest absolute Gasteiger partial charge is 0.0595 e. The minimum absolute atomic E-state index is 0.264. The van der Waals surface area contributed by atoms with E-state index in [1.54, 1.807) is 0 Å². The Morgan fingerprint density at radius 1 is 1.27 bits per heavy atom. The molecule has 15 heavy (non-hydrogen) atoms. The Kier molecular flexibility index (Phi) is 5.40. The van der Waals surface area contributed by atoms with Crippen LogP contribution in [0.2, 0.25) is 10.0 Å². The van der Waals surface area contributed by atoms with Gasteiger partial charge in [0.2, 0.25) is 0 Å². The monoisotopic (exact) mass is 246 g/mol. The lowest BCUT2D eigenvalue weighted by Gasteiger charge is -2.17. The van der Waals surface area contributed by atoms with Crippen molar-refractivity contribution in [2.45, 2.75) is 13.0 Å². The van der Waals surface area contributed by atoms with Crippen LogP contribution in [0.1, 0.15) is 18.5 Å². The quantitative estimate of drug-likeness (QED) is 0.836. The number of nitrogens with one attached hydrogen (secondary N) is 2. The van der Waals surface area contributed by atoms with Crippen LogP contribution in [-0.4, -0.2) is 20.1 Å². The highest BCUT2D eigenvalue weighted by Gasteiger charge is 2.09. The van der Waals surface area contributed by atoms with Crippen LogP contribution < -0.4 is 10.6 Å². The summed E-state index contributed by atoms with van der Waals surface area (Å²) in [7, 11) is 1.94. The Bertz CT molecular complexity index is 315. The molecule has 1 rings (SSSR count). The van der Waals surface area contributed by atoms with Crippen LogP contribution >= 0.6 is 23.2 Å². The minimum Gasteiger partial charge on any atom is -0.315 e. The maximum absolute atomic E-state index is 5.97. The van der Waals surface area contributed by atoms with Gasteiger partial charge in [0.05, 0.1) is 10.0 Å². The molecule has 0 bridgehead atoms. The van der Waals surface area contributed by atoms with Gasteiger partial charge in [-0.2, -0.15) is 0 Å². The SMILES string of the molecule is CCNCC(NC)c1ccc(Cl)c(Cl)c1. The van der Waals surface area contributed by atoms with E-state index in [1.165, 1.54) is 0 Å². The van der Waals surface area contributed by atoms with E-state index in [9.17, 15) is 0 Å². The number of rotatable bonds is 5. The average molecular weight is 247 g/mol. The minimum atomic E-state index is 0.264. The fraction of sp³-hybridized carbons (Fsp3) is 0.455. The zero-order chi connectivity index (χ0) is 11.3. The Morgan fingerprint density at radius 2 is 2.00 bits per heavy atom. The van der Waals surface area contributed by atoms with Gasteiger partial charge in [-0.3, -0.25) is 0 Å². The van der Waals surface area contributed by atoms with E-state index in [0.717, 1.165) is 18.7 Å². The number of hydrogen-bond acceptors (Lipinski definition) is 2. The van der Waals surface area contributed by atoms with Crippen molar-refractivity contribution in [1.82, 2.24) is 10.6 Å². The van der Waals surface area contributed by atoms with Crippen LogP contribution in [0.5, 0.6) is 0 Å². The lowest BCUT2D eigenvalue weighted by atomic mass is 10.1. The molecule has 0 spiro atoms. The Hall–Kier alpha value is -0.280. The molecule has 2 N–H and O–H groups in total. The molecule has 0 amide bonds. The second-order valence-corrected chi connectivity index (χ2v) is 4.14. The largest absolute Gasteiger partial charge is 0.315 e. The summed E-state index contributed by atoms with van der Waals surface area (Å²) in [4.78, 5) is 0. The molecule has 1 unspecified atom stereocenters. The molecule has 0 aliphatic carbocycles. The molecule has 2 nitrogen and oxygen atoms in total. The first-order valence-corrected chi connectivity index (χ1v) is 5.77. The Labute approximate surface area is 101 Å². The number of halogens is 2. The predicted octanol–water partition coefficient (Wildman–Crippen LogP) is 2.86. The summed E-state index contributed by atoms with van der Waals surface area (Å²) in [5.41, 5.74) is 1.15. The number of benzene rings is 1. The van der Waals surface area contributed by atoms with Crippen LogP contribution in [0.25, 0.3) is 0 Å². The normalized spacial score (nSPS) is 12.8. The van der Waals surface area contributed by atoms with Gasteiger partial charge in [-0.1, -0.05) is 36.2 Å². The van der Waals surface area contributed by atoms with Gasteiger partial charge in [0.15, 0.2) is 0 Å². The Balaban J connectivity index is 2.78. The van der Waals surface area contributed by atoms with Gasteiger partial charge in [0.1, 0.15) is 0 Å². The summed E-state index contributed by atoms with van der Waals surface area (Å²) in [6.07, 6.45) is 0. The van der Waals surface area contributed by atoms with Crippen molar-refractivity contribution in [2.24, 2.45) is 0 Å². The van der Waals surface area contributed by atoms with Crippen molar-refractivity contribution in [3.63, 3.8) is 0 Å². The highest BCUT2D eigenvalue weighted by molar-refractivity contribution is 6.42. The summed E-state index contributed by atoms with van der Waals surface area (Å²) in [5, 5.41) is 7.73. The molecule has 0 aliphatic heterocycles. The predicted molar refractivity (Wildman–Crippen MR) is 66.8 cm³/mol. The van der Waals surface area contributed by atoms with E-state index in [-0.39, 0.29) is 6.04 Å². The molecule has 1 atom stereocenters. The molecular formula is C11H16Cl2N2. The van der Waals surface area contributed by atoms with Crippen LogP contribution in [0, 0.1) is 0 Å². The third-order valence-electron chi connectivity index (χ3n) is 2.29. The first-order chi connectivity index (χ1) is 7.19. The summed E-state index contributed by atoms with van der Waals surface area (Å²) < 4.78 is 0. The van der Waals surface area contributed by atoms with E-state index in [0.29, 0.717) is 10.0 Å². The van der Waals surface area contributed by atoms with Crippen molar-refractivity contribution in [3.8, 4) is 0 Å². The van der Waals surface area contributed by atoms with Crippen LogP contribution in [0.4, 0.5) is 0 Å². The molecule has 0 aliphatic rings. The van der Waals surface area contributed by atoms with Crippen molar-refractivity contribution >= 4 is 23.2 Å². The fourth-order valence-corrected chi connectivity index (χ4v) is 1.71. The summed E-state index contributed by atoms with van der Waals surface area (Å²) in [6.45, 7) is 3.92. The molecule has 1 aromatic rings. The standard InChI is InChI=1S/C11H16Cl2N2/c1-3-15-7-11(14-2)8-4-5-9(12)10(13)6-8/h4-6,11,14-15H,3,7H2,1-2H3. The molecule has 0 fully saturated rings. The van der Waals surface area contributed by atoms with E-state index in [2.05, 4.69) is 17.6 Å². The van der Waals surface area contributed by atoms with E-state index in [1.807, 2.05) is 25.2 Å². The first-order valence-electron chi connectivity index (χ1n) is 5.02. The van der Waals surface area contributed by atoms with Crippen LogP contribution in [0.15, 0.2) is 18.2 Å². The molecule has 0 heterocycles. The zero-order valence-corrected chi connectivity index (χ0v) is 10.5. The highest BCUT2D eigenvalue weighted by Crippen LogP contribution is 2.25. The molecule has 4 heteroatoms. The fourth-order valence-electron chi connectivity index (χ4n) is 1.40. The summed E-state index contributed by atoms with van der Waals surface area (Å²) in [6, 6.07) is 5.99. The highest BCUT2D eigenvalue weighted by atomic mass is 35.5. The van der Waals surface area contributed by atoms with Gasteiger partial charge in [0.25, 0.3) is 0 Å². The molecule has 0 saturated heterocycles. The summed E-state index contributed by atoms with van der Waals surface area (Å²) >= 11 is 11.8. The molecule has 0 radical (unpaired) electrons. The van der Waals surface area contributed by atoms with Gasteiger partial charge < -0.3 is 10.6 Å². The van der Waals surface area contributed by atoms with Gasteiger partial charge in [-0.05, 0) is 31.3 Å². The van der Waals surface area contributed by atoms with Crippen molar-refractivity contribution < 1.29 is 0 Å². The lowest BCUT2D eigenvalue weighted by molar-refractivity contribution is 0.538. The second kappa shape index (κ2) is 6.33. The molecule has 0 saturated carbocycles. The van der Waals surface area contributed by atoms with Gasteiger partial charge in [0, 0.05) is 12.6 Å². The van der Waals surface area contributed by atoms with E-state index in [4.69, 9.17) is 23.2 Å². The van der Waals surface area contributed by atoms with Crippen LogP contribution in [0.3, 0.4) is 0 Å². The molecule has 84 valence electrons. The summed E-state index contributed by atoms with van der Waals surface area (Å²) in [5.74, 6) is 0. The molecule has 1 aromatic carbocycles.